The molecule has 0 saturated heterocycles. The molecule has 0 unspecified atom stereocenters. The Bertz CT molecular complexity index is 487. The van der Waals surface area contributed by atoms with Crippen LogP contribution in [0.1, 0.15) is 30.4 Å². The molecule has 1 saturated carbocycles. The van der Waals surface area contributed by atoms with E-state index in [9.17, 15) is 4.79 Å². The molecular formula is C13H14N2O. The molecule has 3 rings (SSSR count). The number of nitrogen functional groups attached to an aromatic ring is 1. The molecule has 0 amide bonds. The minimum atomic E-state index is 0.204. The van der Waals surface area contributed by atoms with Gasteiger partial charge in [0, 0.05) is 23.2 Å². The lowest BCUT2D eigenvalue weighted by molar-refractivity contribution is -0.102. The molecule has 3 heteroatoms. The lowest BCUT2D eigenvalue weighted by atomic mass is 9.62. The first-order chi connectivity index (χ1) is 7.75. The van der Waals surface area contributed by atoms with E-state index in [2.05, 4.69) is 11.1 Å². The summed E-state index contributed by atoms with van der Waals surface area (Å²) in [5.41, 5.74) is 9.45. The van der Waals surface area contributed by atoms with Crippen LogP contribution in [0.4, 0.5) is 5.69 Å². The van der Waals surface area contributed by atoms with Crippen molar-refractivity contribution >= 4 is 17.7 Å². The van der Waals surface area contributed by atoms with E-state index in [4.69, 9.17) is 5.73 Å². The normalized spacial score (nSPS) is 20.9. The van der Waals surface area contributed by atoms with Gasteiger partial charge in [0.05, 0.1) is 0 Å². The van der Waals surface area contributed by atoms with Gasteiger partial charge in [-0.1, -0.05) is 12.5 Å². The summed E-state index contributed by atoms with van der Waals surface area (Å²) in [6.07, 6.45) is 4.46. The van der Waals surface area contributed by atoms with Crippen molar-refractivity contribution in [3.05, 3.63) is 29.3 Å². The van der Waals surface area contributed by atoms with Gasteiger partial charge < -0.3 is 5.73 Å². The third-order valence-corrected chi connectivity index (χ3v) is 3.87. The molecule has 0 radical (unpaired) electrons. The highest BCUT2D eigenvalue weighted by Gasteiger charge is 2.42. The summed E-state index contributed by atoms with van der Waals surface area (Å²) < 4.78 is 0. The van der Waals surface area contributed by atoms with Crippen LogP contribution >= 0.6 is 0 Å². The molecule has 1 aliphatic heterocycles. The number of aldehydes is 1. The molecule has 2 N–H and O–H groups in total. The summed E-state index contributed by atoms with van der Waals surface area (Å²) in [4.78, 5) is 15.4. The lowest BCUT2D eigenvalue weighted by Gasteiger charge is -2.44. The Balaban J connectivity index is 2.19. The van der Waals surface area contributed by atoms with Crippen molar-refractivity contribution in [2.24, 2.45) is 4.99 Å². The first-order valence-electron chi connectivity index (χ1n) is 5.65. The highest BCUT2D eigenvalue weighted by Crippen LogP contribution is 2.47. The number of fused-ring (bicyclic) bond motifs is 2. The molecule has 1 aliphatic carbocycles. The molecule has 1 aromatic carbocycles. The van der Waals surface area contributed by atoms with Crippen molar-refractivity contribution in [1.29, 1.82) is 0 Å². The number of hydrogen-bond donors (Lipinski definition) is 1. The molecular weight excluding hydrogens is 200 g/mol. The van der Waals surface area contributed by atoms with Crippen molar-refractivity contribution in [1.82, 2.24) is 0 Å². The smallest absolute Gasteiger partial charge is 0.168 e. The summed E-state index contributed by atoms with van der Waals surface area (Å²) in [7, 11) is 0. The molecule has 2 aliphatic rings. The number of carbonyl (C=O) groups excluding carboxylic acids is 1. The molecule has 0 aromatic heterocycles. The first kappa shape index (κ1) is 9.58. The molecule has 1 heterocycles. The van der Waals surface area contributed by atoms with E-state index in [1.165, 1.54) is 24.8 Å². The average molecular weight is 214 g/mol. The Kier molecular flexibility index (Phi) is 1.90. The van der Waals surface area contributed by atoms with Gasteiger partial charge in [0.2, 0.25) is 0 Å². The zero-order valence-corrected chi connectivity index (χ0v) is 9.07. The number of hydrogen-bond acceptors (Lipinski definition) is 3. The van der Waals surface area contributed by atoms with Crippen LogP contribution in [0, 0.1) is 0 Å². The molecule has 16 heavy (non-hydrogen) atoms. The zero-order chi connectivity index (χ0) is 11.2. The maximum atomic E-state index is 11.0. The van der Waals surface area contributed by atoms with E-state index in [1.54, 1.807) is 0 Å². The van der Waals surface area contributed by atoms with Gasteiger partial charge in [-0.05, 0) is 30.5 Å². The molecule has 3 nitrogen and oxygen atoms in total. The molecule has 82 valence electrons. The maximum Gasteiger partial charge on any atom is 0.168 e. The highest BCUT2D eigenvalue weighted by atomic mass is 16.1. The van der Waals surface area contributed by atoms with Crippen molar-refractivity contribution in [3.63, 3.8) is 0 Å². The molecule has 1 spiro atoms. The van der Waals surface area contributed by atoms with E-state index in [0.717, 1.165) is 18.4 Å². The van der Waals surface area contributed by atoms with Gasteiger partial charge in [-0.25, -0.2) is 0 Å². The maximum absolute atomic E-state index is 11.0. The number of benzene rings is 1. The fraction of sp³-hybridized carbons (Fsp3) is 0.385. The number of nitrogens with two attached hydrogens (primary N) is 1. The fourth-order valence-corrected chi connectivity index (χ4v) is 2.77. The minimum Gasteiger partial charge on any atom is -0.399 e. The van der Waals surface area contributed by atoms with Gasteiger partial charge in [0.25, 0.3) is 0 Å². The lowest BCUT2D eigenvalue weighted by Crippen LogP contribution is -2.41. The number of carbonyl (C=O) groups is 1. The third kappa shape index (κ3) is 1.14. The van der Waals surface area contributed by atoms with E-state index >= 15 is 0 Å². The zero-order valence-electron chi connectivity index (χ0n) is 9.07. The summed E-state index contributed by atoms with van der Waals surface area (Å²) in [6, 6.07) is 5.87. The SMILES string of the molecule is Nc1ccc2c(c1)C(C=O)=NCC21CCC1. The van der Waals surface area contributed by atoms with Crippen LogP contribution in [0.15, 0.2) is 23.2 Å². The van der Waals surface area contributed by atoms with Gasteiger partial charge in [0.1, 0.15) is 5.71 Å². The van der Waals surface area contributed by atoms with E-state index in [-0.39, 0.29) is 5.41 Å². The van der Waals surface area contributed by atoms with Crippen molar-refractivity contribution in [2.75, 3.05) is 12.3 Å². The van der Waals surface area contributed by atoms with Crippen LogP contribution in [0.5, 0.6) is 0 Å². The Hall–Kier alpha value is -1.64. The number of nitrogens with zero attached hydrogens (tertiary/aromatic N) is 1. The van der Waals surface area contributed by atoms with Gasteiger partial charge >= 0.3 is 0 Å². The number of aliphatic imine (C=N–C) groups is 1. The molecule has 0 atom stereocenters. The van der Waals surface area contributed by atoms with Gasteiger partial charge in [0.15, 0.2) is 6.29 Å². The van der Waals surface area contributed by atoms with Crippen LogP contribution in [-0.4, -0.2) is 18.5 Å². The van der Waals surface area contributed by atoms with Gasteiger partial charge in [-0.2, -0.15) is 0 Å². The number of anilines is 1. The molecule has 1 fully saturated rings. The largest absolute Gasteiger partial charge is 0.399 e. The van der Waals surface area contributed by atoms with Crippen LogP contribution in [-0.2, 0) is 10.2 Å². The second-order valence-corrected chi connectivity index (χ2v) is 4.76. The standard InChI is InChI=1S/C13H14N2O/c14-9-2-3-11-10(6-9)12(7-16)15-8-13(11)4-1-5-13/h2-3,6-7H,1,4-5,8,14H2. The van der Waals surface area contributed by atoms with Crippen molar-refractivity contribution in [3.8, 4) is 0 Å². The predicted molar refractivity (Wildman–Crippen MR) is 63.9 cm³/mol. The van der Waals surface area contributed by atoms with Crippen LogP contribution in [0.3, 0.4) is 0 Å². The van der Waals surface area contributed by atoms with Gasteiger partial charge in [-0.15, -0.1) is 0 Å². The van der Waals surface area contributed by atoms with E-state index < -0.39 is 0 Å². The van der Waals surface area contributed by atoms with Crippen LogP contribution in [0.25, 0.3) is 0 Å². The van der Waals surface area contributed by atoms with Crippen molar-refractivity contribution in [2.45, 2.75) is 24.7 Å². The highest BCUT2D eigenvalue weighted by molar-refractivity contribution is 6.37. The summed E-state index contributed by atoms with van der Waals surface area (Å²) in [6.45, 7) is 0.762. The third-order valence-electron chi connectivity index (χ3n) is 3.87. The fourth-order valence-electron chi connectivity index (χ4n) is 2.77. The molecule has 1 aromatic rings. The first-order valence-corrected chi connectivity index (χ1v) is 5.65. The van der Waals surface area contributed by atoms with E-state index in [0.29, 0.717) is 11.4 Å². The van der Waals surface area contributed by atoms with Crippen LogP contribution in [0.2, 0.25) is 0 Å². The second-order valence-electron chi connectivity index (χ2n) is 4.76. The summed E-state index contributed by atoms with van der Waals surface area (Å²) in [5, 5.41) is 0. The summed E-state index contributed by atoms with van der Waals surface area (Å²) >= 11 is 0. The average Bonchev–Trinajstić information content (AvgIpc) is 2.25. The Morgan fingerprint density at radius 1 is 1.38 bits per heavy atom. The Labute approximate surface area is 94.4 Å². The topological polar surface area (TPSA) is 55.5 Å². The van der Waals surface area contributed by atoms with Crippen LogP contribution < -0.4 is 5.73 Å². The quantitative estimate of drug-likeness (QED) is 0.571. The minimum absolute atomic E-state index is 0.204. The summed E-state index contributed by atoms with van der Waals surface area (Å²) in [5.74, 6) is 0. The Morgan fingerprint density at radius 2 is 2.19 bits per heavy atom. The Morgan fingerprint density at radius 3 is 2.81 bits per heavy atom. The van der Waals surface area contributed by atoms with Crippen molar-refractivity contribution < 1.29 is 4.79 Å². The monoisotopic (exact) mass is 214 g/mol. The van der Waals surface area contributed by atoms with E-state index in [1.807, 2.05) is 12.1 Å². The number of rotatable bonds is 1. The predicted octanol–water partition coefficient (Wildman–Crippen LogP) is 1.69. The molecule has 0 bridgehead atoms. The van der Waals surface area contributed by atoms with Gasteiger partial charge in [-0.3, -0.25) is 9.79 Å². The second kappa shape index (κ2) is 3.17.